The van der Waals surface area contributed by atoms with Gasteiger partial charge in [-0.1, -0.05) is 11.6 Å². The number of alkyl halides is 1. The number of hydrogen-bond donors (Lipinski definition) is 6. The van der Waals surface area contributed by atoms with Gasteiger partial charge < -0.3 is 30.6 Å². The highest BCUT2D eigenvalue weighted by atomic mass is 35.5. The molecule has 13 heavy (non-hydrogen) atoms. The zero-order valence-corrected chi connectivity index (χ0v) is 7.20. The molecule has 0 aliphatic heterocycles. The Labute approximate surface area is 78.6 Å². The minimum absolute atomic E-state index is 1.75. The van der Waals surface area contributed by atoms with Crippen LogP contribution in [0.15, 0.2) is 0 Å². The van der Waals surface area contributed by atoms with Crippen molar-refractivity contribution in [2.24, 2.45) is 0 Å². The molecule has 1 fully saturated rings. The maximum absolute atomic E-state index is 9.20. The summed E-state index contributed by atoms with van der Waals surface area (Å²) < 4.78 is 0. The van der Waals surface area contributed by atoms with Crippen molar-refractivity contribution in [2.45, 2.75) is 35.6 Å². The lowest BCUT2D eigenvalue weighted by Gasteiger charge is -2.44. The zero-order chi connectivity index (χ0) is 10.4. The number of aliphatic hydroxyl groups excluding tert-OH is 5. The molecule has 0 saturated heterocycles. The molecular weight excluding hydrogens is 204 g/mol. The fraction of sp³-hybridized carbons (Fsp3) is 1.00. The molecule has 1 rings (SSSR count). The average Bonchev–Trinajstić information content (AvgIpc) is 2.09. The van der Waals surface area contributed by atoms with Crippen LogP contribution >= 0.6 is 11.6 Å². The van der Waals surface area contributed by atoms with E-state index in [0.717, 1.165) is 0 Å². The van der Waals surface area contributed by atoms with Crippen LogP contribution in [0.25, 0.3) is 0 Å². The van der Waals surface area contributed by atoms with Gasteiger partial charge in [0.25, 0.3) is 0 Å². The highest BCUT2D eigenvalue weighted by Gasteiger charge is 2.56. The smallest absolute Gasteiger partial charge is 0.195 e. The van der Waals surface area contributed by atoms with Crippen LogP contribution in [0.4, 0.5) is 0 Å². The molecule has 2 unspecified atom stereocenters. The predicted octanol–water partition coefficient (Wildman–Crippen LogP) is -3.27. The quantitative estimate of drug-likeness (QED) is 0.235. The van der Waals surface area contributed by atoms with Crippen molar-refractivity contribution < 1.29 is 30.6 Å². The van der Waals surface area contributed by atoms with Gasteiger partial charge in [0.15, 0.2) is 5.06 Å². The normalized spacial score (nSPS) is 57.9. The zero-order valence-electron chi connectivity index (χ0n) is 6.45. The first-order valence-electron chi connectivity index (χ1n) is 3.61. The molecule has 6 nitrogen and oxygen atoms in total. The van der Waals surface area contributed by atoms with Crippen molar-refractivity contribution in [1.29, 1.82) is 0 Å². The molecule has 0 bridgehead atoms. The van der Waals surface area contributed by atoms with Crippen molar-refractivity contribution in [3.63, 3.8) is 0 Å². The molecule has 0 spiro atoms. The molecular formula is C6H11ClO6. The third-order valence-electron chi connectivity index (χ3n) is 2.18. The Morgan fingerprint density at radius 3 is 1.38 bits per heavy atom. The Kier molecular flexibility index (Phi) is 2.84. The Morgan fingerprint density at radius 1 is 0.769 bits per heavy atom. The maximum atomic E-state index is 9.20. The third-order valence-corrected chi connectivity index (χ3v) is 2.62. The van der Waals surface area contributed by atoms with Crippen molar-refractivity contribution in [2.75, 3.05) is 0 Å². The van der Waals surface area contributed by atoms with Crippen LogP contribution in [-0.4, -0.2) is 66.2 Å². The molecule has 0 heterocycles. The first-order valence-corrected chi connectivity index (χ1v) is 3.99. The van der Waals surface area contributed by atoms with Gasteiger partial charge >= 0.3 is 0 Å². The van der Waals surface area contributed by atoms with E-state index in [2.05, 4.69) is 0 Å². The van der Waals surface area contributed by atoms with Crippen molar-refractivity contribution in [3.8, 4) is 0 Å². The summed E-state index contributed by atoms with van der Waals surface area (Å²) in [6.07, 6.45) is -9.21. The maximum Gasteiger partial charge on any atom is 0.195 e. The minimum atomic E-state index is -2.56. The Hall–Kier alpha value is 0.0500. The van der Waals surface area contributed by atoms with Gasteiger partial charge in [-0.25, -0.2) is 0 Å². The highest BCUT2D eigenvalue weighted by molar-refractivity contribution is 6.23. The van der Waals surface area contributed by atoms with E-state index in [1.165, 1.54) is 0 Å². The molecule has 78 valence electrons. The van der Waals surface area contributed by atoms with Crippen LogP contribution in [0.5, 0.6) is 0 Å². The summed E-state index contributed by atoms with van der Waals surface area (Å²) in [4.78, 5) is 0. The molecule has 7 heteroatoms. The fourth-order valence-corrected chi connectivity index (χ4v) is 1.49. The lowest BCUT2D eigenvalue weighted by atomic mass is 9.84. The van der Waals surface area contributed by atoms with E-state index in [1.807, 2.05) is 0 Å². The van der Waals surface area contributed by atoms with Crippen molar-refractivity contribution in [1.82, 2.24) is 0 Å². The van der Waals surface area contributed by atoms with E-state index in [1.54, 1.807) is 0 Å². The SMILES string of the molecule is OC1[C@@H](O)[C@@H](O)C(O)(Cl)[C@H](O)[C@H]1O. The lowest BCUT2D eigenvalue weighted by molar-refractivity contribution is -0.238. The molecule has 1 saturated carbocycles. The van der Waals surface area contributed by atoms with Crippen molar-refractivity contribution in [3.05, 3.63) is 0 Å². The first kappa shape index (κ1) is 11.1. The Bertz CT molecular complexity index is 180. The summed E-state index contributed by atoms with van der Waals surface area (Å²) >= 11 is 5.25. The van der Waals surface area contributed by atoms with E-state index in [0.29, 0.717) is 0 Å². The first-order chi connectivity index (χ1) is 5.80. The molecule has 0 amide bonds. The number of hydrogen-bond acceptors (Lipinski definition) is 6. The summed E-state index contributed by atoms with van der Waals surface area (Å²) in [7, 11) is 0. The molecule has 6 atom stereocenters. The highest BCUT2D eigenvalue weighted by Crippen LogP contribution is 2.33. The number of aliphatic hydroxyl groups is 6. The summed E-state index contributed by atoms with van der Waals surface area (Å²) in [5.41, 5.74) is 0. The van der Waals surface area contributed by atoms with Crippen LogP contribution in [0, 0.1) is 0 Å². The molecule has 1 aliphatic rings. The number of rotatable bonds is 0. The van der Waals surface area contributed by atoms with Crippen LogP contribution in [0.2, 0.25) is 0 Å². The number of halogens is 1. The monoisotopic (exact) mass is 214 g/mol. The largest absolute Gasteiger partial charge is 0.387 e. The van der Waals surface area contributed by atoms with Gasteiger partial charge in [0.05, 0.1) is 0 Å². The molecule has 0 radical (unpaired) electrons. The molecule has 0 aromatic carbocycles. The topological polar surface area (TPSA) is 121 Å². The molecule has 1 aliphatic carbocycles. The van der Waals surface area contributed by atoms with Gasteiger partial charge in [-0.3, -0.25) is 0 Å². The predicted molar refractivity (Wildman–Crippen MR) is 40.8 cm³/mol. The minimum Gasteiger partial charge on any atom is -0.387 e. The Morgan fingerprint density at radius 2 is 1.08 bits per heavy atom. The average molecular weight is 215 g/mol. The van der Waals surface area contributed by atoms with E-state index in [-0.39, 0.29) is 0 Å². The standard InChI is InChI=1S/C6H11ClO6/c7-6(13)4(11)2(9)1(8)3(10)5(6)12/h1-5,8-13H/t1?,2-,3+,4-,5-,6?/m1/s1. The van der Waals surface area contributed by atoms with E-state index >= 15 is 0 Å². The van der Waals surface area contributed by atoms with Crippen LogP contribution in [-0.2, 0) is 0 Å². The third kappa shape index (κ3) is 1.55. The second-order valence-corrected chi connectivity index (χ2v) is 3.69. The van der Waals surface area contributed by atoms with Crippen molar-refractivity contribution >= 4 is 11.6 Å². The van der Waals surface area contributed by atoms with Gasteiger partial charge in [0.2, 0.25) is 0 Å². The molecule has 6 N–H and O–H groups in total. The van der Waals surface area contributed by atoms with Gasteiger partial charge in [0.1, 0.15) is 30.5 Å². The van der Waals surface area contributed by atoms with Crippen LogP contribution in [0.3, 0.4) is 0 Å². The molecule has 0 aromatic heterocycles. The lowest BCUT2D eigenvalue weighted by Crippen LogP contribution is -2.68. The van der Waals surface area contributed by atoms with Gasteiger partial charge in [-0.15, -0.1) is 0 Å². The summed E-state index contributed by atoms with van der Waals surface area (Å²) in [6.45, 7) is 0. The molecule has 0 aromatic rings. The van der Waals surface area contributed by atoms with Crippen LogP contribution < -0.4 is 0 Å². The summed E-state index contributed by atoms with van der Waals surface area (Å²) in [5, 5.41) is 52.0. The summed E-state index contributed by atoms with van der Waals surface area (Å²) in [5.74, 6) is 0. The van der Waals surface area contributed by atoms with Crippen LogP contribution in [0.1, 0.15) is 0 Å². The van der Waals surface area contributed by atoms with E-state index < -0.39 is 35.6 Å². The van der Waals surface area contributed by atoms with E-state index in [4.69, 9.17) is 37.1 Å². The second-order valence-electron chi connectivity index (χ2n) is 3.09. The fourth-order valence-electron chi connectivity index (χ4n) is 1.23. The Balaban J connectivity index is 2.93. The second kappa shape index (κ2) is 3.32. The van der Waals surface area contributed by atoms with Gasteiger partial charge in [-0.05, 0) is 0 Å². The summed E-state index contributed by atoms with van der Waals surface area (Å²) in [6, 6.07) is 0. The van der Waals surface area contributed by atoms with E-state index in [9.17, 15) is 5.11 Å². The van der Waals surface area contributed by atoms with Gasteiger partial charge in [-0.2, -0.15) is 0 Å². The van der Waals surface area contributed by atoms with Gasteiger partial charge in [0, 0.05) is 0 Å².